The Balaban J connectivity index is 1.65. The van der Waals surface area contributed by atoms with E-state index >= 15 is 0 Å². The Morgan fingerprint density at radius 2 is 1.71 bits per heavy atom. The number of hydrogen-bond donors (Lipinski definition) is 1. The molecule has 100 valence electrons. The van der Waals surface area contributed by atoms with Crippen LogP contribution in [-0.2, 0) is 4.74 Å². The Labute approximate surface area is 106 Å². The molecular weight excluding hydrogens is 210 g/mol. The van der Waals surface area contributed by atoms with Crippen molar-refractivity contribution in [2.45, 2.75) is 77.4 Å². The third kappa shape index (κ3) is 3.96. The molecule has 1 atom stereocenters. The van der Waals surface area contributed by atoms with Gasteiger partial charge < -0.3 is 10.5 Å². The van der Waals surface area contributed by atoms with Crippen molar-refractivity contribution in [1.82, 2.24) is 0 Å². The zero-order valence-electron chi connectivity index (χ0n) is 11.6. The molecule has 1 unspecified atom stereocenters. The fraction of sp³-hybridized carbons (Fsp3) is 1.00. The molecule has 0 amide bonds. The van der Waals surface area contributed by atoms with Crippen molar-refractivity contribution >= 4 is 0 Å². The summed E-state index contributed by atoms with van der Waals surface area (Å²) in [6.07, 6.45) is 10.9. The van der Waals surface area contributed by atoms with Gasteiger partial charge in [-0.2, -0.15) is 0 Å². The number of ether oxygens (including phenoxy) is 1. The predicted octanol–water partition coefficient (Wildman–Crippen LogP) is 3.49. The van der Waals surface area contributed by atoms with Gasteiger partial charge in [0.2, 0.25) is 0 Å². The Bertz CT molecular complexity index is 223. The van der Waals surface area contributed by atoms with E-state index < -0.39 is 0 Å². The Kier molecular flexibility index (Phi) is 4.48. The summed E-state index contributed by atoms with van der Waals surface area (Å²) in [5.74, 6) is 0.732. The molecule has 0 bridgehead atoms. The molecule has 2 N–H and O–H groups in total. The van der Waals surface area contributed by atoms with Crippen LogP contribution in [0.1, 0.15) is 65.2 Å². The van der Waals surface area contributed by atoms with Gasteiger partial charge in [-0.15, -0.1) is 0 Å². The highest BCUT2D eigenvalue weighted by molar-refractivity contribution is 4.81. The van der Waals surface area contributed by atoms with E-state index in [0.717, 1.165) is 12.5 Å². The monoisotopic (exact) mass is 239 g/mol. The summed E-state index contributed by atoms with van der Waals surface area (Å²) < 4.78 is 6.03. The second-order valence-corrected chi connectivity index (χ2v) is 6.91. The van der Waals surface area contributed by atoms with E-state index in [4.69, 9.17) is 10.5 Å². The summed E-state index contributed by atoms with van der Waals surface area (Å²) in [5.41, 5.74) is 6.76. The number of nitrogens with two attached hydrogens (primary N) is 1. The molecule has 0 heterocycles. The first-order valence-electron chi connectivity index (χ1n) is 7.44. The lowest BCUT2D eigenvalue weighted by atomic mass is 9.76. The maximum atomic E-state index is 6.22. The average Bonchev–Trinajstić information content (AvgIpc) is 2.80. The highest BCUT2D eigenvalue weighted by Gasteiger charge is 2.28. The summed E-state index contributed by atoms with van der Waals surface area (Å²) in [6, 6.07) is 0.285. The normalized spacial score (nSPS) is 28.4. The molecular formula is C15H29NO. The fourth-order valence-electron chi connectivity index (χ4n) is 3.31. The molecule has 2 aliphatic carbocycles. The zero-order chi connectivity index (χ0) is 12.3. The summed E-state index contributed by atoms with van der Waals surface area (Å²) in [5, 5.41) is 0. The van der Waals surface area contributed by atoms with Crippen LogP contribution >= 0.6 is 0 Å². The molecule has 0 radical (unpaired) electrons. The molecule has 2 heteroatoms. The van der Waals surface area contributed by atoms with Crippen molar-refractivity contribution in [3.8, 4) is 0 Å². The maximum absolute atomic E-state index is 6.22. The van der Waals surface area contributed by atoms with Gasteiger partial charge in [0.05, 0.1) is 12.7 Å². The maximum Gasteiger partial charge on any atom is 0.0623 e. The summed E-state index contributed by atoms with van der Waals surface area (Å²) in [7, 11) is 0. The third-order valence-corrected chi connectivity index (χ3v) is 4.82. The van der Waals surface area contributed by atoms with Crippen LogP contribution in [0.4, 0.5) is 0 Å². The molecule has 0 saturated heterocycles. The van der Waals surface area contributed by atoms with E-state index in [9.17, 15) is 0 Å². The first-order valence-corrected chi connectivity index (χ1v) is 7.44. The van der Waals surface area contributed by atoms with Crippen LogP contribution in [0.5, 0.6) is 0 Å². The minimum absolute atomic E-state index is 0.285. The van der Waals surface area contributed by atoms with E-state index in [0.29, 0.717) is 11.5 Å². The van der Waals surface area contributed by atoms with Crippen molar-refractivity contribution in [2.75, 3.05) is 6.61 Å². The fourth-order valence-corrected chi connectivity index (χ4v) is 3.31. The van der Waals surface area contributed by atoms with Gasteiger partial charge in [-0.3, -0.25) is 0 Å². The minimum Gasteiger partial charge on any atom is -0.377 e. The van der Waals surface area contributed by atoms with Gasteiger partial charge in [0.1, 0.15) is 0 Å². The minimum atomic E-state index is 0.285. The van der Waals surface area contributed by atoms with Crippen LogP contribution in [-0.4, -0.2) is 18.8 Å². The van der Waals surface area contributed by atoms with Gasteiger partial charge in [-0.05, 0) is 49.9 Å². The largest absolute Gasteiger partial charge is 0.377 e. The van der Waals surface area contributed by atoms with E-state index in [-0.39, 0.29) is 6.04 Å². The Morgan fingerprint density at radius 1 is 1.12 bits per heavy atom. The van der Waals surface area contributed by atoms with E-state index in [1.807, 2.05) is 0 Å². The highest BCUT2D eigenvalue weighted by Crippen LogP contribution is 2.36. The summed E-state index contributed by atoms with van der Waals surface area (Å²) in [4.78, 5) is 0. The molecule has 2 nitrogen and oxygen atoms in total. The van der Waals surface area contributed by atoms with Crippen LogP contribution < -0.4 is 5.73 Å². The van der Waals surface area contributed by atoms with Crippen LogP contribution in [0.25, 0.3) is 0 Å². The lowest BCUT2D eigenvalue weighted by molar-refractivity contribution is -0.00722. The highest BCUT2D eigenvalue weighted by atomic mass is 16.5. The lowest BCUT2D eigenvalue weighted by Gasteiger charge is -2.34. The first kappa shape index (κ1) is 13.4. The van der Waals surface area contributed by atoms with Crippen molar-refractivity contribution < 1.29 is 4.74 Å². The van der Waals surface area contributed by atoms with Gasteiger partial charge in [-0.25, -0.2) is 0 Å². The molecule has 0 aromatic heterocycles. The van der Waals surface area contributed by atoms with Crippen molar-refractivity contribution in [3.63, 3.8) is 0 Å². The molecule has 2 fully saturated rings. The van der Waals surface area contributed by atoms with Gasteiger partial charge >= 0.3 is 0 Å². The van der Waals surface area contributed by atoms with Gasteiger partial charge in [0, 0.05) is 6.04 Å². The van der Waals surface area contributed by atoms with Crippen LogP contribution in [0, 0.1) is 11.3 Å². The summed E-state index contributed by atoms with van der Waals surface area (Å²) in [6.45, 7) is 5.52. The lowest BCUT2D eigenvalue weighted by Crippen LogP contribution is -2.36. The van der Waals surface area contributed by atoms with Crippen LogP contribution in [0.15, 0.2) is 0 Å². The van der Waals surface area contributed by atoms with Crippen LogP contribution in [0.2, 0.25) is 0 Å². The third-order valence-electron chi connectivity index (χ3n) is 4.82. The van der Waals surface area contributed by atoms with Crippen molar-refractivity contribution in [2.24, 2.45) is 17.1 Å². The Morgan fingerprint density at radius 3 is 2.29 bits per heavy atom. The average molecular weight is 239 g/mol. The van der Waals surface area contributed by atoms with Crippen molar-refractivity contribution in [3.05, 3.63) is 0 Å². The predicted molar refractivity (Wildman–Crippen MR) is 71.9 cm³/mol. The van der Waals surface area contributed by atoms with Gasteiger partial charge in [-0.1, -0.05) is 26.7 Å². The van der Waals surface area contributed by atoms with E-state index in [2.05, 4.69) is 13.8 Å². The molecule has 2 rings (SSSR count). The second kappa shape index (κ2) is 5.71. The van der Waals surface area contributed by atoms with Gasteiger partial charge in [0.15, 0.2) is 0 Å². The smallest absolute Gasteiger partial charge is 0.0623 e. The molecule has 0 spiro atoms. The molecule has 2 saturated carbocycles. The SMILES string of the molecule is CC1(C)CCC(OCC(N)C2CCCC2)CC1. The molecule has 2 aliphatic rings. The second-order valence-electron chi connectivity index (χ2n) is 6.91. The first-order chi connectivity index (χ1) is 8.07. The van der Waals surface area contributed by atoms with Crippen LogP contribution in [0.3, 0.4) is 0 Å². The van der Waals surface area contributed by atoms with Crippen molar-refractivity contribution in [1.29, 1.82) is 0 Å². The molecule has 0 aliphatic heterocycles. The zero-order valence-corrected chi connectivity index (χ0v) is 11.6. The topological polar surface area (TPSA) is 35.2 Å². The quantitative estimate of drug-likeness (QED) is 0.815. The van der Waals surface area contributed by atoms with Gasteiger partial charge in [0.25, 0.3) is 0 Å². The molecule has 17 heavy (non-hydrogen) atoms. The number of rotatable bonds is 4. The van der Waals surface area contributed by atoms with E-state index in [1.165, 1.54) is 51.4 Å². The standard InChI is InChI=1S/C15H29NO/c1-15(2)9-7-13(8-10-15)17-11-14(16)12-5-3-4-6-12/h12-14H,3-11,16H2,1-2H3. The van der Waals surface area contributed by atoms with E-state index in [1.54, 1.807) is 0 Å². The number of hydrogen-bond acceptors (Lipinski definition) is 2. The molecule has 0 aromatic carbocycles. The molecule has 0 aromatic rings. The Hall–Kier alpha value is -0.0800. The summed E-state index contributed by atoms with van der Waals surface area (Å²) >= 11 is 0.